The fourth-order valence-corrected chi connectivity index (χ4v) is 1.96. The molecule has 1 unspecified atom stereocenters. The second-order valence-electron chi connectivity index (χ2n) is 4.29. The van der Waals surface area contributed by atoms with E-state index in [0.29, 0.717) is 24.3 Å². The van der Waals surface area contributed by atoms with Crippen molar-refractivity contribution in [1.29, 1.82) is 0 Å². The molecular weight excluding hydrogens is 221 g/mol. The molecule has 0 aromatic heterocycles. The lowest BCUT2D eigenvalue weighted by Gasteiger charge is -2.32. The zero-order valence-corrected chi connectivity index (χ0v) is 9.74. The molecule has 0 radical (unpaired) electrons. The number of rotatable bonds is 2. The first kappa shape index (κ1) is 11.9. The van der Waals surface area contributed by atoms with E-state index in [0.717, 1.165) is 6.54 Å². The number of nitrogens with two attached hydrogens (primary N) is 1. The number of piperazine rings is 1. The number of anilines is 1. The molecule has 3 N–H and O–H groups in total. The SMILES string of the molecule is CC1C(=O)NCCN1Cc1ccc(N)cc1F. The first-order valence-electron chi connectivity index (χ1n) is 5.63. The Hall–Kier alpha value is -1.62. The number of amides is 1. The number of hydrogen-bond donors (Lipinski definition) is 2. The van der Waals surface area contributed by atoms with Crippen LogP contribution in [-0.2, 0) is 11.3 Å². The quantitative estimate of drug-likeness (QED) is 0.745. The molecule has 1 aliphatic heterocycles. The van der Waals surface area contributed by atoms with E-state index in [2.05, 4.69) is 5.32 Å². The summed E-state index contributed by atoms with van der Waals surface area (Å²) in [5.74, 6) is -0.324. The summed E-state index contributed by atoms with van der Waals surface area (Å²) in [5.41, 5.74) is 6.48. The Morgan fingerprint density at radius 3 is 3.06 bits per heavy atom. The van der Waals surface area contributed by atoms with E-state index in [9.17, 15) is 9.18 Å². The summed E-state index contributed by atoms with van der Waals surface area (Å²) in [5, 5.41) is 2.78. The Morgan fingerprint density at radius 1 is 1.59 bits per heavy atom. The molecule has 1 fully saturated rings. The van der Waals surface area contributed by atoms with Gasteiger partial charge in [-0.25, -0.2) is 4.39 Å². The van der Waals surface area contributed by atoms with Crippen molar-refractivity contribution >= 4 is 11.6 Å². The van der Waals surface area contributed by atoms with E-state index in [-0.39, 0.29) is 17.8 Å². The zero-order valence-electron chi connectivity index (χ0n) is 9.74. The lowest BCUT2D eigenvalue weighted by molar-refractivity contribution is -0.128. The van der Waals surface area contributed by atoms with Gasteiger partial charge in [0.05, 0.1) is 6.04 Å². The number of hydrogen-bond acceptors (Lipinski definition) is 3. The first-order chi connectivity index (χ1) is 8.08. The monoisotopic (exact) mass is 237 g/mol. The minimum Gasteiger partial charge on any atom is -0.399 e. The Labute approximate surface area is 99.6 Å². The number of halogens is 1. The van der Waals surface area contributed by atoms with Gasteiger partial charge in [0.1, 0.15) is 5.82 Å². The van der Waals surface area contributed by atoms with Crippen LogP contribution in [0.25, 0.3) is 0 Å². The summed E-state index contributed by atoms with van der Waals surface area (Å²) >= 11 is 0. The van der Waals surface area contributed by atoms with Crippen molar-refractivity contribution in [1.82, 2.24) is 10.2 Å². The average molecular weight is 237 g/mol. The van der Waals surface area contributed by atoms with E-state index in [1.165, 1.54) is 6.07 Å². The van der Waals surface area contributed by atoms with Crippen molar-refractivity contribution in [3.05, 3.63) is 29.6 Å². The molecule has 17 heavy (non-hydrogen) atoms. The highest BCUT2D eigenvalue weighted by atomic mass is 19.1. The Balaban J connectivity index is 2.12. The van der Waals surface area contributed by atoms with Gasteiger partial charge in [-0.1, -0.05) is 6.07 Å². The van der Waals surface area contributed by atoms with E-state index >= 15 is 0 Å². The molecule has 0 saturated carbocycles. The van der Waals surface area contributed by atoms with Gasteiger partial charge in [-0.05, 0) is 19.1 Å². The largest absolute Gasteiger partial charge is 0.399 e. The van der Waals surface area contributed by atoms with Crippen LogP contribution < -0.4 is 11.1 Å². The van der Waals surface area contributed by atoms with E-state index in [1.807, 2.05) is 11.8 Å². The van der Waals surface area contributed by atoms with Gasteiger partial charge in [0.2, 0.25) is 5.91 Å². The smallest absolute Gasteiger partial charge is 0.237 e. The lowest BCUT2D eigenvalue weighted by Crippen LogP contribution is -2.53. The fraction of sp³-hybridized carbons (Fsp3) is 0.417. The number of nitrogen functional groups attached to an aromatic ring is 1. The summed E-state index contributed by atoms with van der Waals surface area (Å²) < 4.78 is 13.6. The van der Waals surface area contributed by atoms with Gasteiger partial charge in [-0.3, -0.25) is 9.69 Å². The van der Waals surface area contributed by atoms with E-state index in [1.54, 1.807) is 12.1 Å². The lowest BCUT2D eigenvalue weighted by atomic mass is 10.1. The third-order valence-corrected chi connectivity index (χ3v) is 3.08. The fourth-order valence-electron chi connectivity index (χ4n) is 1.96. The highest BCUT2D eigenvalue weighted by Gasteiger charge is 2.25. The number of nitrogens with zero attached hydrogens (tertiary/aromatic N) is 1. The third kappa shape index (κ3) is 2.55. The molecule has 92 valence electrons. The van der Waals surface area contributed by atoms with Crippen molar-refractivity contribution in [2.75, 3.05) is 18.8 Å². The molecule has 1 aliphatic rings. The molecule has 1 atom stereocenters. The Kier molecular flexibility index (Phi) is 3.28. The van der Waals surface area contributed by atoms with Crippen molar-refractivity contribution < 1.29 is 9.18 Å². The van der Waals surface area contributed by atoms with Crippen LogP contribution in [0.2, 0.25) is 0 Å². The zero-order chi connectivity index (χ0) is 12.4. The van der Waals surface area contributed by atoms with Crippen molar-refractivity contribution in [3.63, 3.8) is 0 Å². The summed E-state index contributed by atoms with van der Waals surface area (Å²) in [7, 11) is 0. The predicted molar refractivity (Wildman–Crippen MR) is 63.7 cm³/mol. The molecule has 0 bridgehead atoms. The van der Waals surface area contributed by atoms with Gasteiger partial charge in [-0.2, -0.15) is 0 Å². The second-order valence-corrected chi connectivity index (χ2v) is 4.29. The average Bonchev–Trinajstić information content (AvgIpc) is 2.28. The number of carbonyl (C=O) groups excluding carboxylic acids is 1. The van der Waals surface area contributed by atoms with Crippen LogP contribution in [0.4, 0.5) is 10.1 Å². The van der Waals surface area contributed by atoms with Gasteiger partial charge in [0, 0.05) is 30.9 Å². The molecule has 0 spiro atoms. The molecule has 1 amide bonds. The minimum absolute atomic E-state index is 0.00731. The maximum atomic E-state index is 13.6. The van der Waals surface area contributed by atoms with Gasteiger partial charge in [-0.15, -0.1) is 0 Å². The summed E-state index contributed by atoms with van der Waals surface area (Å²) in [4.78, 5) is 13.4. The second kappa shape index (κ2) is 4.71. The van der Waals surface area contributed by atoms with Crippen LogP contribution in [0.1, 0.15) is 12.5 Å². The van der Waals surface area contributed by atoms with Crippen LogP contribution in [-0.4, -0.2) is 29.9 Å². The van der Waals surface area contributed by atoms with Gasteiger partial charge in [0.15, 0.2) is 0 Å². The van der Waals surface area contributed by atoms with Crippen LogP contribution >= 0.6 is 0 Å². The van der Waals surface area contributed by atoms with Crippen LogP contribution in [0.15, 0.2) is 18.2 Å². The first-order valence-corrected chi connectivity index (χ1v) is 5.63. The highest BCUT2D eigenvalue weighted by molar-refractivity contribution is 5.81. The number of carbonyl (C=O) groups is 1. The molecule has 2 rings (SSSR count). The normalized spacial score (nSPS) is 21.3. The van der Waals surface area contributed by atoms with Crippen LogP contribution in [0.3, 0.4) is 0 Å². The molecule has 1 aromatic rings. The summed E-state index contributed by atoms with van der Waals surface area (Å²) in [6.07, 6.45) is 0. The van der Waals surface area contributed by atoms with Crippen molar-refractivity contribution in [2.24, 2.45) is 0 Å². The van der Waals surface area contributed by atoms with E-state index in [4.69, 9.17) is 5.73 Å². The van der Waals surface area contributed by atoms with Crippen LogP contribution in [0.5, 0.6) is 0 Å². The molecule has 1 heterocycles. The van der Waals surface area contributed by atoms with Gasteiger partial charge in [0.25, 0.3) is 0 Å². The predicted octanol–water partition coefficient (Wildman–Crippen LogP) is 0.728. The summed E-state index contributed by atoms with van der Waals surface area (Å²) in [6.45, 7) is 3.60. The standard InChI is InChI=1S/C12H16FN3O/c1-8-12(17)15-4-5-16(8)7-9-2-3-10(14)6-11(9)13/h2-3,6,8H,4-5,7,14H2,1H3,(H,15,17). The maximum Gasteiger partial charge on any atom is 0.237 e. The van der Waals surface area contributed by atoms with E-state index < -0.39 is 0 Å². The number of benzene rings is 1. The maximum absolute atomic E-state index is 13.6. The molecule has 1 saturated heterocycles. The highest BCUT2D eigenvalue weighted by Crippen LogP contribution is 2.16. The van der Waals surface area contributed by atoms with Crippen molar-refractivity contribution in [3.8, 4) is 0 Å². The molecule has 4 nitrogen and oxygen atoms in total. The van der Waals surface area contributed by atoms with Crippen LogP contribution in [0, 0.1) is 5.82 Å². The Bertz CT molecular complexity index is 436. The van der Waals surface area contributed by atoms with Crippen molar-refractivity contribution in [2.45, 2.75) is 19.5 Å². The molecule has 0 aliphatic carbocycles. The molecule has 5 heteroatoms. The number of nitrogens with one attached hydrogen (secondary N) is 1. The van der Waals surface area contributed by atoms with Gasteiger partial charge >= 0.3 is 0 Å². The molecular formula is C12H16FN3O. The topological polar surface area (TPSA) is 58.4 Å². The van der Waals surface area contributed by atoms with Gasteiger partial charge < -0.3 is 11.1 Å². The summed E-state index contributed by atoms with van der Waals surface area (Å²) in [6, 6.07) is 4.43. The minimum atomic E-state index is -0.316. The third-order valence-electron chi connectivity index (χ3n) is 3.08. The Morgan fingerprint density at radius 2 is 2.35 bits per heavy atom. The molecule has 1 aromatic carbocycles.